The molecule has 0 fully saturated rings. The summed E-state index contributed by atoms with van der Waals surface area (Å²) in [5.41, 5.74) is 6.97. The van der Waals surface area contributed by atoms with Crippen molar-refractivity contribution in [3.8, 4) is 0 Å². The number of nitrogens with two attached hydrogens (primary N) is 1. The van der Waals surface area contributed by atoms with Crippen molar-refractivity contribution in [1.82, 2.24) is 0 Å². The molecule has 1 rings (SSSR count). The average molecular weight is 240 g/mol. The van der Waals surface area contributed by atoms with E-state index in [4.69, 9.17) is 5.73 Å². The molecule has 0 saturated carbocycles. The Kier molecular flexibility index (Phi) is 4.31. The van der Waals surface area contributed by atoms with Crippen molar-refractivity contribution in [2.45, 2.75) is 26.3 Å². The zero-order valence-corrected chi connectivity index (χ0v) is 10.2. The number of halogens is 1. The number of hydrogen-bond donors (Lipinski definition) is 2. The van der Waals surface area contributed by atoms with Gasteiger partial charge < -0.3 is 15.8 Å². The number of ether oxygens (including phenoxy) is 1. The maximum absolute atomic E-state index is 13.2. The molecule has 4 nitrogen and oxygen atoms in total. The fourth-order valence-corrected chi connectivity index (χ4v) is 1.48. The molecule has 1 unspecified atom stereocenters. The van der Waals surface area contributed by atoms with E-state index in [-0.39, 0.29) is 17.5 Å². The summed E-state index contributed by atoms with van der Waals surface area (Å²) >= 11 is 0. The quantitative estimate of drug-likeness (QED) is 0.624. The van der Waals surface area contributed by atoms with Gasteiger partial charge in [-0.25, -0.2) is 9.18 Å². The van der Waals surface area contributed by atoms with Crippen molar-refractivity contribution in [2.24, 2.45) is 0 Å². The summed E-state index contributed by atoms with van der Waals surface area (Å²) in [7, 11) is 1.33. The molecule has 0 amide bonds. The van der Waals surface area contributed by atoms with E-state index >= 15 is 0 Å². The third-order valence-corrected chi connectivity index (χ3v) is 2.55. The Bertz CT molecular complexity index is 421. The van der Waals surface area contributed by atoms with Crippen LogP contribution in [0.2, 0.25) is 0 Å². The lowest BCUT2D eigenvalue weighted by Gasteiger charge is -2.17. The molecule has 1 aromatic rings. The van der Waals surface area contributed by atoms with Gasteiger partial charge in [-0.1, -0.05) is 6.92 Å². The second kappa shape index (κ2) is 5.52. The molecule has 0 bridgehead atoms. The Morgan fingerprint density at radius 3 is 2.76 bits per heavy atom. The second-order valence-electron chi connectivity index (χ2n) is 3.82. The predicted octanol–water partition coefficient (Wildman–Crippen LogP) is 2.08. The molecule has 0 aromatic heterocycles. The lowest BCUT2D eigenvalue weighted by atomic mass is 10.1. The maximum Gasteiger partial charge on any atom is 0.328 e. The number of anilines is 2. The first-order chi connectivity index (χ1) is 7.99. The summed E-state index contributed by atoms with van der Waals surface area (Å²) in [4.78, 5) is 11.4. The molecule has 0 aliphatic rings. The standard InChI is InChI=1S/C12H17FN2O2/c1-4-10(12(16)17-3)15-11-5-7(2)8(13)6-9(11)14/h5-6,10,15H,4,14H2,1-3H3. The van der Waals surface area contributed by atoms with Gasteiger partial charge in [0.1, 0.15) is 11.9 Å². The number of esters is 1. The second-order valence-corrected chi connectivity index (χ2v) is 3.82. The molecule has 0 heterocycles. The molecule has 0 saturated heterocycles. The molecule has 94 valence electrons. The first kappa shape index (κ1) is 13.3. The average Bonchev–Trinajstić information content (AvgIpc) is 2.31. The summed E-state index contributed by atoms with van der Waals surface area (Å²) in [5, 5.41) is 2.95. The number of rotatable bonds is 4. The Labute approximate surface area is 100.0 Å². The Morgan fingerprint density at radius 2 is 2.24 bits per heavy atom. The number of aryl methyl sites for hydroxylation is 1. The Balaban J connectivity index is 2.94. The minimum atomic E-state index is -0.479. The highest BCUT2D eigenvalue weighted by Crippen LogP contribution is 2.23. The van der Waals surface area contributed by atoms with E-state index in [2.05, 4.69) is 10.1 Å². The van der Waals surface area contributed by atoms with Gasteiger partial charge >= 0.3 is 5.97 Å². The molecule has 0 radical (unpaired) electrons. The maximum atomic E-state index is 13.2. The number of hydrogen-bond acceptors (Lipinski definition) is 4. The van der Waals surface area contributed by atoms with Crippen molar-refractivity contribution in [3.63, 3.8) is 0 Å². The highest BCUT2D eigenvalue weighted by atomic mass is 19.1. The van der Waals surface area contributed by atoms with Crippen LogP contribution in [0.4, 0.5) is 15.8 Å². The van der Waals surface area contributed by atoms with Crippen LogP contribution in [-0.4, -0.2) is 19.1 Å². The molecule has 17 heavy (non-hydrogen) atoms. The van der Waals surface area contributed by atoms with Crippen molar-refractivity contribution in [1.29, 1.82) is 0 Å². The van der Waals surface area contributed by atoms with Gasteiger partial charge in [-0.3, -0.25) is 0 Å². The van der Waals surface area contributed by atoms with Crippen LogP contribution in [0.1, 0.15) is 18.9 Å². The monoisotopic (exact) mass is 240 g/mol. The number of nitrogen functional groups attached to an aromatic ring is 1. The number of benzene rings is 1. The third-order valence-electron chi connectivity index (χ3n) is 2.55. The van der Waals surface area contributed by atoms with E-state index in [0.29, 0.717) is 17.7 Å². The largest absolute Gasteiger partial charge is 0.467 e. The van der Waals surface area contributed by atoms with Crippen molar-refractivity contribution in [2.75, 3.05) is 18.2 Å². The molecule has 1 atom stereocenters. The van der Waals surface area contributed by atoms with Crippen LogP contribution >= 0.6 is 0 Å². The molecular weight excluding hydrogens is 223 g/mol. The van der Waals surface area contributed by atoms with Gasteiger partial charge in [0, 0.05) is 0 Å². The first-order valence-electron chi connectivity index (χ1n) is 5.39. The van der Waals surface area contributed by atoms with Crippen molar-refractivity contribution >= 4 is 17.3 Å². The van der Waals surface area contributed by atoms with Gasteiger partial charge in [0.2, 0.25) is 0 Å². The number of carbonyl (C=O) groups is 1. The predicted molar refractivity (Wildman–Crippen MR) is 65.3 cm³/mol. The SMILES string of the molecule is CCC(Nc1cc(C)c(F)cc1N)C(=O)OC. The zero-order valence-electron chi connectivity index (χ0n) is 10.2. The Morgan fingerprint density at radius 1 is 1.59 bits per heavy atom. The lowest BCUT2D eigenvalue weighted by molar-refractivity contribution is -0.141. The van der Waals surface area contributed by atoms with Gasteiger partial charge in [0.05, 0.1) is 18.5 Å². The van der Waals surface area contributed by atoms with E-state index in [1.165, 1.54) is 13.2 Å². The smallest absolute Gasteiger partial charge is 0.328 e. The minimum absolute atomic E-state index is 0.274. The van der Waals surface area contributed by atoms with E-state index in [0.717, 1.165) is 0 Å². The topological polar surface area (TPSA) is 64.3 Å². The van der Waals surface area contributed by atoms with Crippen molar-refractivity contribution < 1.29 is 13.9 Å². The van der Waals surface area contributed by atoms with Gasteiger partial charge in [0.25, 0.3) is 0 Å². The van der Waals surface area contributed by atoms with Crippen LogP contribution < -0.4 is 11.1 Å². The first-order valence-corrected chi connectivity index (χ1v) is 5.39. The normalized spacial score (nSPS) is 12.0. The van der Waals surface area contributed by atoms with E-state index in [1.54, 1.807) is 13.0 Å². The van der Waals surface area contributed by atoms with Gasteiger partial charge in [-0.15, -0.1) is 0 Å². The summed E-state index contributed by atoms with van der Waals surface area (Å²) in [6.45, 7) is 3.49. The van der Waals surface area contributed by atoms with Crippen LogP contribution in [0.25, 0.3) is 0 Å². The minimum Gasteiger partial charge on any atom is -0.467 e. The van der Waals surface area contributed by atoms with Crippen LogP contribution in [-0.2, 0) is 9.53 Å². The highest BCUT2D eigenvalue weighted by Gasteiger charge is 2.18. The van der Waals surface area contributed by atoms with E-state index in [1.807, 2.05) is 6.92 Å². The zero-order chi connectivity index (χ0) is 13.0. The number of carbonyl (C=O) groups excluding carboxylic acids is 1. The molecule has 0 spiro atoms. The molecule has 5 heteroatoms. The van der Waals surface area contributed by atoms with E-state index in [9.17, 15) is 9.18 Å². The fraction of sp³-hybridized carbons (Fsp3) is 0.417. The molecule has 3 N–H and O–H groups in total. The summed E-state index contributed by atoms with van der Waals surface area (Å²) in [6, 6.07) is 2.34. The molecule has 0 aliphatic heterocycles. The van der Waals surface area contributed by atoms with Crippen molar-refractivity contribution in [3.05, 3.63) is 23.5 Å². The summed E-state index contributed by atoms with van der Waals surface area (Å²) in [5.74, 6) is -0.729. The van der Waals surface area contributed by atoms with Gasteiger partial charge in [-0.05, 0) is 31.0 Å². The highest BCUT2D eigenvalue weighted by molar-refractivity contribution is 5.81. The van der Waals surface area contributed by atoms with Crippen LogP contribution in [0.3, 0.4) is 0 Å². The van der Waals surface area contributed by atoms with Gasteiger partial charge in [-0.2, -0.15) is 0 Å². The number of nitrogens with one attached hydrogen (secondary N) is 1. The lowest BCUT2D eigenvalue weighted by Crippen LogP contribution is -2.30. The fourth-order valence-electron chi connectivity index (χ4n) is 1.48. The van der Waals surface area contributed by atoms with E-state index < -0.39 is 6.04 Å². The summed E-state index contributed by atoms with van der Waals surface area (Å²) < 4.78 is 17.9. The molecular formula is C12H17FN2O2. The van der Waals surface area contributed by atoms with Crippen LogP contribution in [0, 0.1) is 12.7 Å². The molecule has 1 aromatic carbocycles. The Hall–Kier alpha value is -1.78. The summed E-state index contributed by atoms with van der Waals surface area (Å²) in [6.07, 6.45) is 0.558. The van der Waals surface area contributed by atoms with Crippen LogP contribution in [0.5, 0.6) is 0 Å². The molecule has 0 aliphatic carbocycles. The number of methoxy groups -OCH3 is 1. The van der Waals surface area contributed by atoms with Crippen LogP contribution in [0.15, 0.2) is 12.1 Å². The van der Waals surface area contributed by atoms with Gasteiger partial charge in [0.15, 0.2) is 0 Å². The third kappa shape index (κ3) is 3.09.